The number of hydrogen-bond acceptors (Lipinski definition) is 7. The highest BCUT2D eigenvalue weighted by Gasteiger charge is 2.50. The molecule has 2 aliphatic carbocycles. The summed E-state index contributed by atoms with van der Waals surface area (Å²) in [5, 5.41) is 11.8. The Balaban J connectivity index is 1.54. The van der Waals surface area contributed by atoms with E-state index in [9.17, 15) is 14.7 Å². The van der Waals surface area contributed by atoms with E-state index in [4.69, 9.17) is 19.2 Å². The summed E-state index contributed by atoms with van der Waals surface area (Å²) in [6, 6.07) is 5.76. The number of aliphatic hydroxyl groups is 1. The van der Waals surface area contributed by atoms with Crippen LogP contribution in [-0.4, -0.2) is 40.8 Å². The van der Waals surface area contributed by atoms with E-state index in [1.807, 2.05) is 18.2 Å². The molecule has 0 amide bonds. The van der Waals surface area contributed by atoms with Gasteiger partial charge in [0.25, 0.3) is 0 Å². The number of carbonyl (C=O) groups is 2. The average molecular weight is 391 g/mol. The number of fused-ring (bicyclic) bond motifs is 5. The van der Waals surface area contributed by atoms with Crippen molar-refractivity contribution in [1.29, 1.82) is 0 Å². The first-order valence-corrected chi connectivity index (χ1v) is 9.62. The van der Waals surface area contributed by atoms with Crippen LogP contribution in [0.5, 0.6) is 11.5 Å². The number of cyclic esters (lactones) is 1. The second-order valence-electron chi connectivity index (χ2n) is 7.80. The molecule has 2 aromatic rings. The van der Waals surface area contributed by atoms with Crippen LogP contribution in [0.2, 0.25) is 0 Å². The first kappa shape index (κ1) is 16.7. The van der Waals surface area contributed by atoms with Crippen molar-refractivity contribution in [3.05, 3.63) is 46.7 Å². The van der Waals surface area contributed by atoms with Gasteiger partial charge in [0.15, 0.2) is 22.9 Å². The minimum absolute atomic E-state index is 0.0945. The number of ether oxygens (including phenoxy) is 3. The predicted octanol–water partition coefficient (Wildman–Crippen LogP) is 2.10. The summed E-state index contributed by atoms with van der Waals surface area (Å²) >= 11 is 0. The topological polar surface area (TPSA) is 95.0 Å². The molecule has 3 heterocycles. The predicted molar refractivity (Wildman–Crippen MR) is 101 cm³/mol. The summed E-state index contributed by atoms with van der Waals surface area (Å²) in [7, 11) is 0. The number of aromatic nitrogens is 1. The fraction of sp³-hybridized carbons (Fsp3) is 0.318. The van der Waals surface area contributed by atoms with Crippen molar-refractivity contribution >= 4 is 28.2 Å². The van der Waals surface area contributed by atoms with Crippen molar-refractivity contribution < 1.29 is 28.9 Å². The zero-order valence-electron chi connectivity index (χ0n) is 15.7. The first-order chi connectivity index (χ1) is 14.0. The average Bonchev–Trinajstić information content (AvgIpc) is 3.32. The minimum Gasteiger partial charge on any atom is -0.458 e. The van der Waals surface area contributed by atoms with E-state index in [-0.39, 0.29) is 31.5 Å². The first-order valence-electron chi connectivity index (χ1n) is 9.62. The van der Waals surface area contributed by atoms with E-state index in [2.05, 4.69) is 0 Å². The molecule has 0 saturated carbocycles. The number of allylic oxidation sites excluding steroid dienone is 1. The van der Waals surface area contributed by atoms with E-state index in [0.29, 0.717) is 29.1 Å². The van der Waals surface area contributed by atoms with Gasteiger partial charge in [-0.2, -0.15) is 0 Å². The van der Waals surface area contributed by atoms with Crippen LogP contribution >= 0.6 is 0 Å². The summed E-state index contributed by atoms with van der Waals surface area (Å²) in [6.45, 7) is 1.79. The maximum Gasteiger partial charge on any atom is 0.343 e. The lowest BCUT2D eigenvalue weighted by molar-refractivity contribution is -0.163. The van der Waals surface area contributed by atoms with E-state index in [0.717, 1.165) is 27.7 Å². The number of hydrogen-bond donors (Lipinski definition) is 1. The van der Waals surface area contributed by atoms with Crippen LogP contribution in [0.3, 0.4) is 0 Å². The number of rotatable bonds is 1. The molecule has 0 radical (unpaired) electrons. The molecule has 0 spiro atoms. The lowest BCUT2D eigenvalue weighted by atomic mass is 9.75. The Morgan fingerprint density at radius 1 is 1.17 bits per heavy atom. The molecule has 0 saturated heterocycles. The largest absolute Gasteiger partial charge is 0.458 e. The van der Waals surface area contributed by atoms with Crippen molar-refractivity contribution in [2.24, 2.45) is 5.92 Å². The molecule has 29 heavy (non-hydrogen) atoms. The van der Waals surface area contributed by atoms with Gasteiger partial charge in [0.05, 0.1) is 17.1 Å². The lowest BCUT2D eigenvalue weighted by Gasteiger charge is -2.35. The zero-order chi connectivity index (χ0) is 19.9. The van der Waals surface area contributed by atoms with Crippen LogP contribution in [0.4, 0.5) is 0 Å². The van der Waals surface area contributed by atoms with Crippen LogP contribution < -0.4 is 9.47 Å². The maximum absolute atomic E-state index is 13.2. The van der Waals surface area contributed by atoms with Gasteiger partial charge in [0, 0.05) is 22.6 Å². The van der Waals surface area contributed by atoms with Crippen LogP contribution in [0.25, 0.3) is 16.5 Å². The summed E-state index contributed by atoms with van der Waals surface area (Å²) in [6.07, 6.45) is 2.45. The van der Waals surface area contributed by atoms with E-state index < -0.39 is 11.6 Å². The van der Waals surface area contributed by atoms with Gasteiger partial charge in [-0.15, -0.1) is 0 Å². The van der Waals surface area contributed by atoms with Gasteiger partial charge in [-0.25, -0.2) is 9.78 Å². The number of carbonyl (C=O) groups excluding carboxylic acids is 2. The van der Waals surface area contributed by atoms with Gasteiger partial charge in [-0.05, 0) is 42.2 Å². The van der Waals surface area contributed by atoms with Crippen molar-refractivity contribution in [3.8, 4) is 11.5 Å². The number of benzene rings is 1. The maximum atomic E-state index is 13.2. The second kappa shape index (κ2) is 5.45. The standard InChI is InChI=1S/C22H17NO6/c1-2-22(26)15-6-12-13(20(24)14(15)8-27-21(22)25)4-11-3-10-5-17-18(29-9-28-17)7-16(10)23-19(11)12/h3,5-7,13,26H,2,4,8-9H2,1H3/t13?,22-/m0/s1. The Labute approximate surface area is 165 Å². The number of ketones is 1. The van der Waals surface area contributed by atoms with Crippen molar-refractivity contribution in [2.45, 2.75) is 25.4 Å². The molecular weight excluding hydrogens is 374 g/mol. The summed E-state index contributed by atoms with van der Waals surface area (Å²) < 4.78 is 16.0. The molecule has 1 aromatic carbocycles. The Morgan fingerprint density at radius 2 is 1.97 bits per heavy atom. The second-order valence-corrected chi connectivity index (χ2v) is 7.80. The van der Waals surface area contributed by atoms with Gasteiger partial charge in [-0.3, -0.25) is 4.79 Å². The van der Waals surface area contributed by atoms with Crippen LogP contribution in [-0.2, 0) is 20.7 Å². The number of nitrogens with zero attached hydrogens (tertiary/aromatic N) is 1. The fourth-order valence-electron chi connectivity index (χ4n) is 4.72. The van der Waals surface area contributed by atoms with Crippen LogP contribution in [0, 0.1) is 5.92 Å². The molecule has 7 heteroatoms. The Morgan fingerprint density at radius 3 is 2.76 bits per heavy atom. The summed E-state index contributed by atoms with van der Waals surface area (Å²) in [4.78, 5) is 30.3. The Bertz CT molecular complexity index is 1210. The van der Waals surface area contributed by atoms with E-state index >= 15 is 0 Å². The summed E-state index contributed by atoms with van der Waals surface area (Å²) in [5.74, 6) is 0.150. The molecule has 1 N–H and O–H groups in total. The number of pyridine rings is 1. The molecule has 6 rings (SSSR count). The molecular formula is C22H17NO6. The smallest absolute Gasteiger partial charge is 0.343 e. The molecule has 4 aliphatic rings. The molecule has 1 aromatic heterocycles. The van der Waals surface area contributed by atoms with Crippen molar-refractivity contribution in [3.63, 3.8) is 0 Å². The number of esters is 1. The normalized spacial score (nSPS) is 26.8. The van der Waals surface area contributed by atoms with Gasteiger partial charge in [-0.1, -0.05) is 6.92 Å². The highest BCUT2D eigenvalue weighted by molar-refractivity contribution is 6.12. The molecule has 2 aliphatic heterocycles. The monoisotopic (exact) mass is 391 g/mol. The van der Waals surface area contributed by atoms with Gasteiger partial charge < -0.3 is 19.3 Å². The molecule has 0 bridgehead atoms. The molecule has 1 unspecified atom stereocenters. The quantitative estimate of drug-likeness (QED) is 0.744. The zero-order valence-corrected chi connectivity index (χ0v) is 15.7. The molecule has 146 valence electrons. The van der Waals surface area contributed by atoms with Crippen LogP contribution in [0.15, 0.2) is 35.4 Å². The van der Waals surface area contributed by atoms with Crippen molar-refractivity contribution in [2.75, 3.05) is 13.4 Å². The minimum atomic E-state index is -1.80. The van der Waals surface area contributed by atoms with E-state index in [1.165, 1.54) is 0 Å². The Hall–Kier alpha value is -3.19. The molecule has 7 nitrogen and oxygen atoms in total. The number of Topliss-reactive ketones (excluding diaryl/α,β-unsaturated/α-hetero) is 1. The Kier molecular flexibility index (Phi) is 3.14. The third kappa shape index (κ3) is 2.08. The highest BCUT2D eigenvalue weighted by atomic mass is 16.7. The lowest BCUT2D eigenvalue weighted by Crippen LogP contribution is -2.48. The fourth-order valence-corrected chi connectivity index (χ4v) is 4.72. The van der Waals surface area contributed by atoms with Crippen molar-refractivity contribution in [1.82, 2.24) is 4.98 Å². The highest BCUT2D eigenvalue weighted by Crippen LogP contribution is 2.47. The molecule has 0 fully saturated rings. The SMILES string of the molecule is CC[C@@]1(O)C(=O)OCC2=C1C=C1c3nc4cc5c(cc4cc3CC1C2=O)OCO5. The van der Waals surface area contributed by atoms with Gasteiger partial charge in [0.2, 0.25) is 6.79 Å². The third-order valence-corrected chi connectivity index (χ3v) is 6.34. The van der Waals surface area contributed by atoms with Gasteiger partial charge in [0.1, 0.15) is 6.61 Å². The van der Waals surface area contributed by atoms with Gasteiger partial charge >= 0.3 is 5.97 Å². The summed E-state index contributed by atoms with van der Waals surface area (Å²) in [5.41, 5.74) is 2.15. The van der Waals surface area contributed by atoms with E-state index in [1.54, 1.807) is 13.0 Å². The van der Waals surface area contributed by atoms with Crippen LogP contribution in [0.1, 0.15) is 24.6 Å². The third-order valence-electron chi connectivity index (χ3n) is 6.34. The molecule has 2 atom stereocenters.